The van der Waals surface area contributed by atoms with Crippen molar-refractivity contribution in [3.63, 3.8) is 0 Å². The number of carbonyl (C=O) groups is 1. The molecule has 0 saturated carbocycles. The third-order valence-corrected chi connectivity index (χ3v) is 5.67. The van der Waals surface area contributed by atoms with Crippen molar-refractivity contribution in [2.75, 3.05) is 0 Å². The average Bonchev–Trinajstić information content (AvgIpc) is 2.45. The molecular weight excluding hydrogens is 315 g/mol. The molecule has 0 aliphatic carbocycles. The van der Waals surface area contributed by atoms with E-state index in [4.69, 9.17) is 9.05 Å². The highest BCUT2D eigenvalue weighted by Crippen LogP contribution is 2.61. The van der Waals surface area contributed by atoms with Crippen molar-refractivity contribution in [2.45, 2.75) is 51.6 Å². The van der Waals surface area contributed by atoms with Crippen molar-refractivity contribution in [1.29, 1.82) is 5.26 Å². The van der Waals surface area contributed by atoms with Gasteiger partial charge in [-0.2, -0.15) is 5.26 Å². The lowest BCUT2D eigenvalue weighted by Crippen LogP contribution is -2.46. The second kappa shape index (κ2) is 8.26. The van der Waals surface area contributed by atoms with Gasteiger partial charge in [-0.1, -0.05) is 30.3 Å². The SMILES string of the molecule is CC(C)OP(=O)(OC(C)C)C(C#N)(Cc1ccccc1)NC=O. The first-order valence-corrected chi connectivity index (χ1v) is 8.96. The highest BCUT2D eigenvalue weighted by molar-refractivity contribution is 7.56. The minimum atomic E-state index is -3.96. The number of nitrogens with one attached hydrogen (secondary N) is 1. The summed E-state index contributed by atoms with van der Waals surface area (Å²) in [5.74, 6) is 0. The van der Waals surface area contributed by atoms with Crippen LogP contribution in [-0.4, -0.2) is 23.9 Å². The first-order chi connectivity index (χ1) is 10.8. The molecule has 1 amide bonds. The van der Waals surface area contributed by atoms with Gasteiger partial charge in [-0.05, 0) is 33.3 Å². The van der Waals surface area contributed by atoms with Gasteiger partial charge in [0.05, 0.1) is 12.2 Å². The Balaban J connectivity index is 3.36. The zero-order valence-corrected chi connectivity index (χ0v) is 14.7. The Hall–Kier alpha value is -1.67. The fourth-order valence-electron chi connectivity index (χ4n) is 2.11. The molecule has 0 spiro atoms. The molecule has 6 nitrogen and oxygen atoms in total. The molecule has 0 fully saturated rings. The quantitative estimate of drug-likeness (QED) is 0.551. The minimum Gasteiger partial charge on any atom is -0.330 e. The summed E-state index contributed by atoms with van der Waals surface area (Å²) in [6, 6.07) is 11.0. The number of nitriles is 1. The van der Waals surface area contributed by atoms with Crippen LogP contribution in [0.5, 0.6) is 0 Å². The summed E-state index contributed by atoms with van der Waals surface area (Å²) >= 11 is 0. The molecule has 0 aliphatic rings. The number of benzene rings is 1. The smallest absolute Gasteiger partial charge is 0.330 e. The molecule has 23 heavy (non-hydrogen) atoms. The Morgan fingerprint density at radius 3 is 2.13 bits per heavy atom. The Kier molecular flexibility index (Phi) is 6.96. The van der Waals surface area contributed by atoms with E-state index < -0.39 is 25.1 Å². The molecule has 0 radical (unpaired) electrons. The van der Waals surface area contributed by atoms with Crippen LogP contribution >= 0.6 is 7.60 Å². The van der Waals surface area contributed by atoms with Crippen molar-refractivity contribution >= 4 is 14.0 Å². The Bertz CT molecular complexity index is 584. The van der Waals surface area contributed by atoms with Crippen LogP contribution < -0.4 is 5.32 Å². The van der Waals surface area contributed by atoms with E-state index in [1.807, 2.05) is 12.1 Å². The molecule has 0 aromatic heterocycles. The van der Waals surface area contributed by atoms with Crippen LogP contribution in [0.15, 0.2) is 30.3 Å². The lowest BCUT2D eigenvalue weighted by atomic mass is 10.1. The molecule has 0 heterocycles. The molecule has 1 atom stereocenters. The van der Waals surface area contributed by atoms with Gasteiger partial charge in [-0.25, -0.2) is 0 Å². The Morgan fingerprint density at radius 2 is 1.74 bits per heavy atom. The molecule has 7 heteroatoms. The molecule has 126 valence electrons. The van der Waals surface area contributed by atoms with Crippen LogP contribution in [0.4, 0.5) is 0 Å². The normalized spacial score (nSPS) is 14.3. The summed E-state index contributed by atoms with van der Waals surface area (Å²) in [6.07, 6.45) is -0.500. The summed E-state index contributed by atoms with van der Waals surface area (Å²) in [5, 5.41) is 10.3. The second-order valence-corrected chi connectivity index (χ2v) is 7.88. The molecule has 1 aromatic carbocycles. The summed E-state index contributed by atoms with van der Waals surface area (Å²) in [6.45, 7) is 6.79. The number of carbonyl (C=O) groups excluding carboxylic acids is 1. The third kappa shape index (κ3) is 4.90. The molecule has 0 aliphatic heterocycles. The third-order valence-electron chi connectivity index (χ3n) is 2.95. The van der Waals surface area contributed by atoms with Gasteiger partial charge in [0, 0.05) is 6.42 Å². The second-order valence-electron chi connectivity index (χ2n) is 5.70. The monoisotopic (exact) mass is 338 g/mol. The fraction of sp³-hybridized carbons (Fsp3) is 0.500. The van der Waals surface area contributed by atoms with E-state index in [2.05, 4.69) is 5.32 Å². The number of rotatable bonds is 9. The summed E-state index contributed by atoms with van der Waals surface area (Å²) < 4.78 is 24.4. The van der Waals surface area contributed by atoms with Gasteiger partial charge in [-0.3, -0.25) is 9.36 Å². The van der Waals surface area contributed by atoms with Crippen molar-refractivity contribution in [3.8, 4) is 6.07 Å². The summed E-state index contributed by atoms with van der Waals surface area (Å²) in [4.78, 5) is 11.1. The molecular formula is C16H23N2O4P. The highest BCUT2D eigenvalue weighted by Gasteiger charge is 2.53. The molecule has 1 aromatic rings. The van der Waals surface area contributed by atoms with Gasteiger partial charge in [0.15, 0.2) is 0 Å². The average molecular weight is 338 g/mol. The van der Waals surface area contributed by atoms with Crippen LogP contribution in [0.25, 0.3) is 0 Å². The van der Waals surface area contributed by atoms with Crippen LogP contribution in [0.1, 0.15) is 33.3 Å². The zero-order chi connectivity index (χ0) is 17.5. The first kappa shape index (κ1) is 19.4. The van der Waals surface area contributed by atoms with E-state index in [1.54, 1.807) is 52.0 Å². The zero-order valence-electron chi connectivity index (χ0n) is 13.9. The maximum Gasteiger partial charge on any atom is 0.371 e. The van der Waals surface area contributed by atoms with Gasteiger partial charge < -0.3 is 14.4 Å². The lowest BCUT2D eigenvalue weighted by Gasteiger charge is -2.35. The first-order valence-electron chi connectivity index (χ1n) is 7.42. The Labute approximate surface area is 137 Å². The molecule has 0 bridgehead atoms. The van der Waals surface area contributed by atoms with Gasteiger partial charge in [0.25, 0.3) is 0 Å². The predicted octanol–water partition coefficient (Wildman–Crippen LogP) is 3.24. The van der Waals surface area contributed by atoms with E-state index >= 15 is 0 Å². The summed E-state index contributed by atoms with van der Waals surface area (Å²) in [5.41, 5.74) is 0.739. The predicted molar refractivity (Wildman–Crippen MR) is 87.7 cm³/mol. The highest BCUT2D eigenvalue weighted by atomic mass is 31.2. The van der Waals surface area contributed by atoms with Crippen molar-refractivity contribution < 1.29 is 18.4 Å². The number of nitrogens with zero attached hydrogens (tertiary/aromatic N) is 1. The number of amides is 1. The summed E-state index contributed by atoms with van der Waals surface area (Å²) in [7, 11) is -3.96. The number of hydrogen-bond donors (Lipinski definition) is 1. The number of hydrogen-bond acceptors (Lipinski definition) is 5. The Morgan fingerprint density at radius 1 is 1.22 bits per heavy atom. The van der Waals surface area contributed by atoms with E-state index in [0.29, 0.717) is 6.41 Å². The van der Waals surface area contributed by atoms with Crippen molar-refractivity contribution in [2.24, 2.45) is 0 Å². The lowest BCUT2D eigenvalue weighted by molar-refractivity contribution is -0.110. The van der Waals surface area contributed by atoms with E-state index in [9.17, 15) is 14.6 Å². The molecule has 0 saturated heterocycles. The van der Waals surface area contributed by atoms with Gasteiger partial charge in [0.1, 0.15) is 6.07 Å². The van der Waals surface area contributed by atoms with Crippen LogP contribution in [0, 0.1) is 11.3 Å². The van der Waals surface area contributed by atoms with Gasteiger partial charge in [-0.15, -0.1) is 0 Å². The van der Waals surface area contributed by atoms with Gasteiger partial charge >= 0.3 is 7.60 Å². The van der Waals surface area contributed by atoms with Crippen LogP contribution in [0.3, 0.4) is 0 Å². The molecule has 1 unspecified atom stereocenters. The van der Waals surface area contributed by atoms with Crippen LogP contribution in [-0.2, 0) is 24.8 Å². The molecule has 1 rings (SSSR count). The minimum absolute atomic E-state index is 0.0137. The topological polar surface area (TPSA) is 88.4 Å². The maximum atomic E-state index is 13.4. The van der Waals surface area contributed by atoms with E-state index in [1.165, 1.54) is 0 Å². The van der Waals surface area contributed by atoms with Crippen LogP contribution in [0.2, 0.25) is 0 Å². The van der Waals surface area contributed by atoms with Gasteiger partial charge in [0.2, 0.25) is 11.7 Å². The van der Waals surface area contributed by atoms with Crippen molar-refractivity contribution in [3.05, 3.63) is 35.9 Å². The fourth-order valence-corrected chi connectivity index (χ4v) is 4.34. The van der Waals surface area contributed by atoms with Crippen molar-refractivity contribution in [1.82, 2.24) is 5.32 Å². The maximum absolute atomic E-state index is 13.4. The van der Waals surface area contributed by atoms with E-state index in [-0.39, 0.29) is 6.42 Å². The van der Waals surface area contributed by atoms with E-state index in [0.717, 1.165) is 5.56 Å². The largest absolute Gasteiger partial charge is 0.371 e. The standard InChI is InChI=1S/C16H23N2O4P/c1-13(2)21-23(20,22-14(3)4)16(11-17,18-12-19)10-15-8-6-5-7-9-15/h5-9,12-14H,10H2,1-4H3,(H,18,19). The molecule has 1 N–H and O–H groups in total.